The van der Waals surface area contributed by atoms with E-state index in [4.69, 9.17) is 9.47 Å². The Morgan fingerprint density at radius 1 is 1.29 bits per heavy atom. The normalized spacial score (nSPS) is 22.5. The maximum Gasteiger partial charge on any atom is 0.122 e. The van der Waals surface area contributed by atoms with E-state index in [2.05, 4.69) is 32.0 Å². The summed E-state index contributed by atoms with van der Waals surface area (Å²) in [5.74, 6) is 1.04. The van der Waals surface area contributed by atoms with Crippen molar-refractivity contribution in [3.63, 3.8) is 0 Å². The number of hydrogen-bond acceptors (Lipinski definition) is 2. The number of rotatable bonds is 6. The third-order valence-electron chi connectivity index (χ3n) is 3.37. The molecule has 1 aromatic carbocycles. The molecule has 0 saturated carbocycles. The van der Waals surface area contributed by atoms with Crippen molar-refractivity contribution in [2.24, 2.45) is 0 Å². The Kier molecular flexibility index (Phi) is 4.06. The second-order valence-electron chi connectivity index (χ2n) is 4.65. The minimum Gasteiger partial charge on any atom is -0.494 e. The molecular weight excluding hydrogens is 212 g/mol. The number of aryl methyl sites for hydroxylation is 2. The van der Waals surface area contributed by atoms with Crippen LogP contribution in [-0.4, -0.2) is 18.8 Å². The fourth-order valence-corrected chi connectivity index (χ4v) is 2.18. The molecule has 0 N–H and O–H groups in total. The second kappa shape index (κ2) is 5.54. The first-order valence-electron chi connectivity index (χ1n) is 6.64. The molecule has 1 fully saturated rings. The van der Waals surface area contributed by atoms with Crippen molar-refractivity contribution in [1.29, 1.82) is 0 Å². The summed E-state index contributed by atoms with van der Waals surface area (Å²) in [6.45, 7) is 7.08. The monoisotopic (exact) mass is 234 g/mol. The molecule has 1 saturated heterocycles. The molecule has 2 unspecified atom stereocenters. The Hall–Kier alpha value is -1.02. The van der Waals surface area contributed by atoms with Crippen LogP contribution in [0.25, 0.3) is 0 Å². The molecule has 2 heteroatoms. The summed E-state index contributed by atoms with van der Waals surface area (Å²) < 4.78 is 11.1. The van der Waals surface area contributed by atoms with Crippen LogP contribution >= 0.6 is 0 Å². The van der Waals surface area contributed by atoms with Crippen LogP contribution in [0, 0.1) is 0 Å². The number of hydrogen-bond donors (Lipinski definition) is 0. The van der Waals surface area contributed by atoms with Gasteiger partial charge in [-0.05, 0) is 50.3 Å². The Labute approximate surface area is 104 Å². The number of benzene rings is 1. The van der Waals surface area contributed by atoms with Gasteiger partial charge in [0.05, 0.1) is 18.8 Å². The van der Waals surface area contributed by atoms with Crippen molar-refractivity contribution in [3.8, 4) is 5.75 Å². The molecule has 0 radical (unpaired) electrons. The van der Waals surface area contributed by atoms with Gasteiger partial charge >= 0.3 is 0 Å². The van der Waals surface area contributed by atoms with Gasteiger partial charge in [-0.2, -0.15) is 0 Å². The van der Waals surface area contributed by atoms with Gasteiger partial charge in [-0.15, -0.1) is 0 Å². The molecule has 2 rings (SSSR count). The average Bonchev–Trinajstić information content (AvgIpc) is 3.04. The lowest BCUT2D eigenvalue weighted by molar-refractivity contribution is 0.334. The molecule has 0 aromatic heterocycles. The fraction of sp³-hybridized carbons (Fsp3) is 0.600. The highest BCUT2D eigenvalue weighted by Crippen LogP contribution is 2.29. The molecule has 0 aliphatic carbocycles. The van der Waals surface area contributed by atoms with E-state index < -0.39 is 0 Å². The molecular formula is C15H22O2. The van der Waals surface area contributed by atoms with E-state index in [1.807, 2.05) is 6.92 Å². The second-order valence-corrected chi connectivity index (χ2v) is 4.65. The highest BCUT2D eigenvalue weighted by molar-refractivity contribution is 5.37. The molecule has 2 nitrogen and oxygen atoms in total. The maximum absolute atomic E-state index is 5.68. The first kappa shape index (κ1) is 12.4. The van der Waals surface area contributed by atoms with E-state index in [1.165, 1.54) is 11.1 Å². The Morgan fingerprint density at radius 3 is 2.65 bits per heavy atom. The minimum absolute atomic E-state index is 0.458. The first-order valence-corrected chi connectivity index (χ1v) is 6.64. The Morgan fingerprint density at radius 2 is 2.06 bits per heavy atom. The minimum atomic E-state index is 0.458. The van der Waals surface area contributed by atoms with Crippen molar-refractivity contribution in [3.05, 3.63) is 29.3 Å². The largest absolute Gasteiger partial charge is 0.494 e. The van der Waals surface area contributed by atoms with Crippen LogP contribution in [0.1, 0.15) is 38.3 Å². The highest BCUT2D eigenvalue weighted by Gasteiger charge is 2.33. The smallest absolute Gasteiger partial charge is 0.122 e. The van der Waals surface area contributed by atoms with E-state index in [-0.39, 0.29) is 0 Å². The molecule has 1 aliphatic rings. The zero-order chi connectivity index (χ0) is 12.3. The Balaban J connectivity index is 2.04. The van der Waals surface area contributed by atoms with Crippen molar-refractivity contribution >= 4 is 0 Å². The van der Waals surface area contributed by atoms with Gasteiger partial charge < -0.3 is 9.47 Å². The summed E-state index contributed by atoms with van der Waals surface area (Å²) in [7, 11) is 0. The molecule has 1 heterocycles. The summed E-state index contributed by atoms with van der Waals surface area (Å²) in [6, 6.07) is 6.54. The lowest BCUT2D eigenvalue weighted by Crippen LogP contribution is -2.00. The van der Waals surface area contributed by atoms with Crippen molar-refractivity contribution in [2.45, 2.75) is 52.2 Å². The van der Waals surface area contributed by atoms with Gasteiger partial charge in [-0.1, -0.05) is 19.1 Å². The van der Waals surface area contributed by atoms with Crippen LogP contribution in [-0.2, 0) is 17.6 Å². The topological polar surface area (TPSA) is 21.8 Å². The van der Waals surface area contributed by atoms with Gasteiger partial charge in [-0.25, -0.2) is 0 Å². The van der Waals surface area contributed by atoms with E-state index in [1.54, 1.807) is 0 Å². The molecule has 0 amide bonds. The average molecular weight is 234 g/mol. The zero-order valence-electron chi connectivity index (χ0n) is 11.0. The van der Waals surface area contributed by atoms with Crippen molar-refractivity contribution in [2.75, 3.05) is 6.61 Å². The highest BCUT2D eigenvalue weighted by atomic mass is 16.6. The van der Waals surface area contributed by atoms with E-state index >= 15 is 0 Å². The van der Waals surface area contributed by atoms with Gasteiger partial charge in [0.2, 0.25) is 0 Å². The van der Waals surface area contributed by atoms with Gasteiger partial charge in [0, 0.05) is 0 Å². The van der Waals surface area contributed by atoms with Crippen molar-refractivity contribution < 1.29 is 9.47 Å². The first-order chi connectivity index (χ1) is 8.24. The summed E-state index contributed by atoms with van der Waals surface area (Å²) in [6.07, 6.45) is 4.16. The van der Waals surface area contributed by atoms with E-state index in [9.17, 15) is 0 Å². The summed E-state index contributed by atoms with van der Waals surface area (Å²) in [5.41, 5.74) is 2.71. The zero-order valence-corrected chi connectivity index (χ0v) is 11.0. The van der Waals surface area contributed by atoms with Crippen molar-refractivity contribution in [1.82, 2.24) is 0 Å². The SMILES string of the molecule is CCOc1ccc(CC)cc1CCC1OC1C. The molecule has 0 spiro atoms. The summed E-state index contributed by atoms with van der Waals surface area (Å²) in [4.78, 5) is 0. The quantitative estimate of drug-likeness (QED) is 0.704. The summed E-state index contributed by atoms with van der Waals surface area (Å²) in [5, 5.41) is 0. The lowest BCUT2D eigenvalue weighted by atomic mass is 10.0. The van der Waals surface area contributed by atoms with Crippen LogP contribution in [0.3, 0.4) is 0 Å². The molecule has 0 bridgehead atoms. The summed E-state index contributed by atoms with van der Waals surface area (Å²) >= 11 is 0. The number of epoxide rings is 1. The molecule has 2 atom stereocenters. The van der Waals surface area contributed by atoms with Crippen LogP contribution in [0.5, 0.6) is 5.75 Å². The molecule has 17 heavy (non-hydrogen) atoms. The van der Waals surface area contributed by atoms with Crippen LogP contribution in [0.2, 0.25) is 0 Å². The van der Waals surface area contributed by atoms with E-state index in [0.29, 0.717) is 12.2 Å². The molecule has 1 aliphatic heterocycles. The Bertz CT molecular complexity index is 373. The maximum atomic E-state index is 5.68. The van der Waals surface area contributed by atoms with Crippen LogP contribution in [0.4, 0.5) is 0 Å². The lowest BCUT2D eigenvalue weighted by Gasteiger charge is -2.11. The third-order valence-corrected chi connectivity index (χ3v) is 3.37. The van der Waals surface area contributed by atoms with Gasteiger partial charge in [-0.3, -0.25) is 0 Å². The molecule has 1 aromatic rings. The predicted molar refractivity (Wildman–Crippen MR) is 69.6 cm³/mol. The van der Waals surface area contributed by atoms with Gasteiger partial charge in [0.1, 0.15) is 5.75 Å². The van der Waals surface area contributed by atoms with Gasteiger partial charge in [0.15, 0.2) is 0 Å². The predicted octanol–water partition coefficient (Wildman–Crippen LogP) is 3.37. The van der Waals surface area contributed by atoms with Crippen LogP contribution in [0.15, 0.2) is 18.2 Å². The fourth-order valence-electron chi connectivity index (χ4n) is 2.18. The number of ether oxygens (including phenoxy) is 2. The van der Waals surface area contributed by atoms with E-state index in [0.717, 1.165) is 31.6 Å². The molecule has 94 valence electrons. The van der Waals surface area contributed by atoms with Crippen LogP contribution < -0.4 is 4.74 Å². The van der Waals surface area contributed by atoms with Gasteiger partial charge in [0.25, 0.3) is 0 Å². The third kappa shape index (κ3) is 3.22. The standard InChI is InChI=1S/C15H22O2/c1-4-12-6-8-15(16-5-2)13(10-12)7-9-14-11(3)17-14/h6,8,10-11,14H,4-5,7,9H2,1-3H3.